The van der Waals surface area contributed by atoms with E-state index in [4.69, 9.17) is 4.74 Å². The van der Waals surface area contributed by atoms with Crippen molar-refractivity contribution < 1.29 is 9.53 Å². The van der Waals surface area contributed by atoms with Crippen LogP contribution in [0, 0.1) is 0 Å². The number of benzene rings is 2. The van der Waals surface area contributed by atoms with Crippen LogP contribution in [-0.4, -0.2) is 17.6 Å². The molecule has 110 valence electrons. The average molecular weight is 291 g/mol. The maximum atomic E-state index is 12.0. The molecule has 0 amide bonds. The molecule has 22 heavy (non-hydrogen) atoms. The largest absolute Gasteiger partial charge is 0.466 e. The van der Waals surface area contributed by atoms with Gasteiger partial charge in [0.05, 0.1) is 18.7 Å². The summed E-state index contributed by atoms with van der Waals surface area (Å²) in [6.07, 6.45) is 2.08. The molecule has 0 saturated heterocycles. The topological polar surface area (TPSA) is 39.2 Å². The molecule has 1 heterocycles. The van der Waals surface area contributed by atoms with Gasteiger partial charge < -0.3 is 4.74 Å². The first-order valence-corrected chi connectivity index (χ1v) is 7.37. The quantitative estimate of drug-likeness (QED) is 0.682. The SMILES string of the molecule is CCOC(=O)Cc1c(-c2ccccc2)ncc2ccccc12. The fourth-order valence-electron chi connectivity index (χ4n) is 2.60. The minimum absolute atomic E-state index is 0.224. The number of carbonyl (C=O) groups is 1. The third-order valence-corrected chi connectivity index (χ3v) is 3.58. The summed E-state index contributed by atoms with van der Waals surface area (Å²) in [5.41, 5.74) is 2.77. The Labute approximate surface area is 129 Å². The summed E-state index contributed by atoms with van der Waals surface area (Å²) in [4.78, 5) is 16.6. The van der Waals surface area contributed by atoms with Crippen LogP contribution in [0.2, 0.25) is 0 Å². The van der Waals surface area contributed by atoms with Crippen LogP contribution in [-0.2, 0) is 16.0 Å². The Morgan fingerprint density at radius 1 is 1.05 bits per heavy atom. The first kappa shape index (κ1) is 14.3. The maximum Gasteiger partial charge on any atom is 0.310 e. The van der Waals surface area contributed by atoms with E-state index < -0.39 is 0 Å². The maximum absolute atomic E-state index is 12.0. The third kappa shape index (κ3) is 2.84. The van der Waals surface area contributed by atoms with Gasteiger partial charge in [0.25, 0.3) is 0 Å². The van der Waals surface area contributed by atoms with Crippen molar-refractivity contribution in [3.8, 4) is 11.3 Å². The van der Waals surface area contributed by atoms with E-state index in [1.807, 2.05) is 67.7 Å². The van der Waals surface area contributed by atoms with Crippen LogP contribution in [0.5, 0.6) is 0 Å². The molecule has 3 aromatic rings. The number of pyridine rings is 1. The van der Waals surface area contributed by atoms with Crippen LogP contribution < -0.4 is 0 Å². The Morgan fingerprint density at radius 3 is 2.55 bits per heavy atom. The Bertz CT molecular complexity index is 797. The molecule has 0 fully saturated rings. The molecule has 2 aromatic carbocycles. The van der Waals surface area contributed by atoms with Crippen LogP contribution in [0.25, 0.3) is 22.0 Å². The van der Waals surface area contributed by atoms with E-state index in [1.165, 1.54) is 0 Å². The molecule has 0 radical (unpaired) electrons. The van der Waals surface area contributed by atoms with Crippen LogP contribution in [0.15, 0.2) is 60.8 Å². The van der Waals surface area contributed by atoms with Crippen molar-refractivity contribution in [2.24, 2.45) is 0 Å². The van der Waals surface area contributed by atoms with Gasteiger partial charge in [0.1, 0.15) is 0 Å². The van der Waals surface area contributed by atoms with Crippen molar-refractivity contribution in [3.63, 3.8) is 0 Å². The van der Waals surface area contributed by atoms with Gasteiger partial charge >= 0.3 is 5.97 Å². The fourth-order valence-corrected chi connectivity index (χ4v) is 2.60. The lowest BCUT2D eigenvalue weighted by atomic mass is 9.97. The van der Waals surface area contributed by atoms with Crippen molar-refractivity contribution in [1.29, 1.82) is 0 Å². The summed E-state index contributed by atoms with van der Waals surface area (Å²) in [7, 11) is 0. The zero-order valence-corrected chi connectivity index (χ0v) is 12.5. The molecule has 0 spiro atoms. The molecule has 3 nitrogen and oxygen atoms in total. The molecule has 0 N–H and O–H groups in total. The lowest BCUT2D eigenvalue weighted by Gasteiger charge is -2.12. The molecule has 0 aliphatic rings. The summed E-state index contributed by atoms with van der Waals surface area (Å²) in [6, 6.07) is 17.9. The molecule has 3 heteroatoms. The normalized spacial score (nSPS) is 10.6. The van der Waals surface area contributed by atoms with Crippen molar-refractivity contribution >= 4 is 16.7 Å². The summed E-state index contributed by atoms with van der Waals surface area (Å²) in [5.74, 6) is -0.224. The fraction of sp³-hybridized carbons (Fsp3) is 0.158. The van der Waals surface area contributed by atoms with Crippen LogP contribution in [0.1, 0.15) is 12.5 Å². The number of hydrogen-bond donors (Lipinski definition) is 0. The first-order valence-electron chi connectivity index (χ1n) is 7.37. The molecule has 0 bridgehead atoms. The van der Waals surface area contributed by atoms with Crippen molar-refractivity contribution in [2.45, 2.75) is 13.3 Å². The Balaban J connectivity index is 2.17. The molecule has 0 saturated carbocycles. The van der Waals surface area contributed by atoms with Gasteiger partial charge in [-0.05, 0) is 17.9 Å². The second kappa shape index (κ2) is 6.39. The van der Waals surface area contributed by atoms with E-state index >= 15 is 0 Å². The lowest BCUT2D eigenvalue weighted by molar-refractivity contribution is -0.142. The number of nitrogens with zero attached hydrogens (tertiary/aromatic N) is 1. The molecule has 0 aliphatic heterocycles. The van der Waals surface area contributed by atoms with E-state index in [9.17, 15) is 4.79 Å². The zero-order chi connectivity index (χ0) is 15.4. The van der Waals surface area contributed by atoms with Gasteiger partial charge in [-0.1, -0.05) is 54.6 Å². The van der Waals surface area contributed by atoms with Crippen molar-refractivity contribution in [1.82, 2.24) is 4.98 Å². The minimum atomic E-state index is -0.224. The monoisotopic (exact) mass is 291 g/mol. The Hall–Kier alpha value is -2.68. The summed E-state index contributed by atoms with van der Waals surface area (Å²) >= 11 is 0. The molecule has 3 rings (SSSR count). The van der Waals surface area contributed by atoms with Gasteiger partial charge in [0.2, 0.25) is 0 Å². The molecule has 0 unspecified atom stereocenters. The third-order valence-electron chi connectivity index (χ3n) is 3.58. The predicted molar refractivity (Wildman–Crippen MR) is 87.5 cm³/mol. The van der Waals surface area contributed by atoms with Gasteiger partial charge in [-0.3, -0.25) is 9.78 Å². The second-order valence-electron chi connectivity index (χ2n) is 5.02. The highest BCUT2D eigenvalue weighted by Gasteiger charge is 2.15. The standard InChI is InChI=1S/C19H17NO2/c1-2-22-18(21)12-17-16-11-7-6-10-15(16)13-20-19(17)14-8-4-3-5-9-14/h3-11,13H,2,12H2,1H3. The molecular formula is C19H17NO2. The van der Waals surface area contributed by atoms with Crippen LogP contribution in [0.4, 0.5) is 0 Å². The van der Waals surface area contributed by atoms with E-state index in [-0.39, 0.29) is 12.4 Å². The highest BCUT2D eigenvalue weighted by molar-refractivity contribution is 5.93. The molecule has 1 aromatic heterocycles. The van der Waals surface area contributed by atoms with Gasteiger partial charge in [-0.2, -0.15) is 0 Å². The second-order valence-corrected chi connectivity index (χ2v) is 5.02. The van der Waals surface area contributed by atoms with E-state index in [0.717, 1.165) is 27.6 Å². The molecular weight excluding hydrogens is 274 g/mol. The molecule has 0 aliphatic carbocycles. The van der Waals surface area contributed by atoms with Gasteiger partial charge in [-0.15, -0.1) is 0 Å². The predicted octanol–water partition coefficient (Wildman–Crippen LogP) is 4.01. The number of rotatable bonds is 4. The average Bonchev–Trinajstić information content (AvgIpc) is 2.56. The summed E-state index contributed by atoms with van der Waals surface area (Å²) in [5, 5.41) is 2.07. The number of fused-ring (bicyclic) bond motifs is 1. The van der Waals surface area contributed by atoms with Gasteiger partial charge in [-0.25, -0.2) is 0 Å². The van der Waals surface area contributed by atoms with Gasteiger partial charge in [0.15, 0.2) is 0 Å². The minimum Gasteiger partial charge on any atom is -0.466 e. The van der Waals surface area contributed by atoms with Crippen LogP contribution in [0.3, 0.4) is 0 Å². The Kier molecular flexibility index (Phi) is 4.15. The molecule has 0 atom stereocenters. The van der Waals surface area contributed by atoms with E-state index in [1.54, 1.807) is 0 Å². The smallest absolute Gasteiger partial charge is 0.310 e. The number of hydrogen-bond acceptors (Lipinski definition) is 3. The van der Waals surface area contributed by atoms with Gasteiger partial charge in [0, 0.05) is 17.1 Å². The number of aromatic nitrogens is 1. The van der Waals surface area contributed by atoms with Crippen molar-refractivity contribution in [2.75, 3.05) is 6.61 Å². The Morgan fingerprint density at radius 2 is 1.77 bits per heavy atom. The first-order chi connectivity index (χ1) is 10.8. The number of ether oxygens (including phenoxy) is 1. The number of carbonyl (C=O) groups excluding carboxylic acids is 1. The van der Waals surface area contributed by atoms with E-state index in [2.05, 4.69) is 4.98 Å². The highest BCUT2D eigenvalue weighted by atomic mass is 16.5. The highest BCUT2D eigenvalue weighted by Crippen LogP contribution is 2.28. The summed E-state index contributed by atoms with van der Waals surface area (Å²) < 4.78 is 5.12. The van der Waals surface area contributed by atoms with Crippen molar-refractivity contribution in [3.05, 3.63) is 66.4 Å². The number of esters is 1. The zero-order valence-electron chi connectivity index (χ0n) is 12.5. The lowest BCUT2D eigenvalue weighted by Crippen LogP contribution is -2.09. The summed E-state index contributed by atoms with van der Waals surface area (Å²) in [6.45, 7) is 2.20. The van der Waals surface area contributed by atoms with Crippen LogP contribution >= 0.6 is 0 Å². The van der Waals surface area contributed by atoms with E-state index in [0.29, 0.717) is 6.61 Å².